The fourth-order valence-corrected chi connectivity index (χ4v) is 2.61. The third-order valence-electron chi connectivity index (χ3n) is 3.89. The van der Waals surface area contributed by atoms with E-state index in [1.165, 1.54) is 6.42 Å². The van der Waals surface area contributed by atoms with Gasteiger partial charge in [0.25, 0.3) is 5.91 Å². The summed E-state index contributed by atoms with van der Waals surface area (Å²) in [7, 11) is 1.70. The zero-order valence-electron chi connectivity index (χ0n) is 13.7. The molecule has 7 nitrogen and oxygen atoms in total. The van der Waals surface area contributed by atoms with Gasteiger partial charge in [-0.2, -0.15) is 0 Å². The number of rotatable bonds is 6. The van der Waals surface area contributed by atoms with Gasteiger partial charge in [-0.1, -0.05) is 19.3 Å². The molecule has 1 aromatic heterocycles. The Morgan fingerprint density at radius 2 is 1.96 bits per heavy atom. The summed E-state index contributed by atoms with van der Waals surface area (Å²) in [6, 6.07) is 1.91. The van der Waals surface area contributed by atoms with Crippen LogP contribution in [0.25, 0.3) is 0 Å². The van der Waals surface area contributed by atoms with Crippen LogP contribution in [0.5, 0.6) is 0 Å². The highest BCUT2D eigenvalue weighted by Crippen LogP contribution is 2.17. The number of carbonyl (C=O) groups is 2. The smallest absolute Gasteiger partial charge is 0.326 e. The van der Waals surface area contributed by atoms with Crippen molar-refractivity contribution in [3.63, 3.8) is 0 Å². The minimum atomic E-state index is -0.797. The van der Waals surface area contributed by atoms with Gasteiger partial charge in [0.05, 0.1) is 0 Å². The molecule has 1 aliphatic carbocycles. The van der Waals surface area contributed by atoms with Crippen molar-refractivity contribution in [2.24, 2.45) is 0 Å². The highest BCUT2D eigenvalue weighted by Gasteiger charge is 2.22. The maximum absolute atomic E-state index is 12.1. The number of likely N-dealkylation sites (N-methyl/N-ethyl adjacent to an activating group) is 1. The number of carbonyl (C=O) groups excluding carboxylic acids is 2. The van der Waals surface area contributed by atoms with Crippen molar-refractivity contribution in [1.29, 1.82) is 0 Å². The van der Waals surface area contributed by atoms with E-state index < -0.39 is 12.1 Å². The highest BCUT2D eigenvalue weighted by molar-refractivity contribution is 5.84. The lowest BCUT2D eigenvalue weighted by Crippen LogP contribution is -2.43. The molecule has 0 aliphatic heterocycles. The first-order valence-electron chi connectivity index (χ1n) is 8.04. The van der Waals surface area contributed by atoms with Gasteiger partial charge < -0.3 is 15.0 Å². The molecule has 7 heteroatoms. The van der Waals surface area contributed by atoms with E-state index in [0.29, 0.717) is 5.95 Å². The number of amides is 1. The predicted octanol–water partition coefficient (Wildman–Crippen LogP) is 1.29. The summed E-state index contributed by atoms with van der Waals surface area (Å²) in [5.74, 6) is -0.279. The largest absolute Gasteiger partial charge is 0.451 e. The van der Waals surface area contributed by atoms with Gasteiger partial charge in [-0.3, -0.25) is 9.59 Å². The molecule has 0 bridgehead atoms. The first-order valence-corrected chi connectivity index (χ1v) is 8.04. The minimum Gasteiger partial charge on any atom is -0.451 e. The van der Waals surface area contributed by atoms with Crippen LogP contribution in [0.1, 0.15) is 39.0 Å². The lowest BCUT2D eigenvalue weighted by Gasteiger charge is -2.24. The van der Waals surface area contributed by atoms with Crippen LogP contribution in [0, 0.1) is 0 Å². The Morgan fingerprint density at radius 1 is 1.30 bits per heavy atom. The van der Waals surface area contributed by atoms with Gasteiger partial charge in [0.2, 0.25) is 5.95 Å². The third kappa shape index (κ3) is 5.50. The number of nitrogens with zero attached hydrogens (tertiary/aromatic N) is 3. The molecule has 1 unspecified atom stereocenters. The van der Waals surface area contributed by atoms with E-state index in [1.807, 2.05) is 0 Å². The van der Waals surface area contributed by atoms with E-state index in [4.69, 9.17) is 4.74 Å². The van der Waals surface area contributed by atoms with Crippen LogP contribution in [0.15, 0.2) is 18.5 Å². The first-order chi connectivity index (χ1) is 11.1. The van der Waals surface area contributed by atoms with Crippen molar-refractivity contribution in [3.05, 3.63) is 18.5 Å². The van der Waals surface area contributed by atoms with Gasteiger partial charge in [-0.05, 0) is 25.8 Å². The summed E-state index contributed by atoms with van der Waals surface area (Å²) in [4.78, 5) is 33.7. The molecule has 1 N–H and O–H groups in total. The summed E-state index contributed by atoms with van der Waals surface area (Å²) < 4.78 is 5.20. The number of hydrogen-bond acceptors (Lipinski definition) is 6. The zero-order valence-corrected chi connectivity index (χ0v) is 13.7. The van der Waals surface area contributed by atoms with Crippen molar-refractivity contribution in [2.75, 3.05) is 18.5 Å². The van der Waals surface area contributed by atoms with Crippen molar-refractivity contribution < 1.29 is 14.3 Å². The van der Waals surface area contributed by atoms with Gasteiger partial charge >= 0.3 is 5.97 Å². The third-order valence-corrected chi connectivity index (χ3v) is 3.89. The molecule has 0 spiro atoms. The van der Waals surface area contributed by atoms with Crippen molar-refractivity contribution in [3.8, 4) is 0 Å². The molecule has 0 saturated heterocycles. The molecule has 1 saturated carbocycles. The molecule has 0 aromatic carbocycles. The van der Waals surface area contributed by atoms with Crippen LogP contribution in [-0.2, 0) is 14.3 Å². The molecule has 23 heavy (non-hydrogen) atoms. The standard InChI is InChI=1S/C16H24N4O3/c1-12(15(22)19-13-7-4-3-5-8-13)23-14(21)11-20(2)16-17-9-6-10-18-16/h6,9-10,12-13H,3-5,7-8,11H2,1-2H3,(H,19,22). The Morgan fingerprint density at radius 3 is 2.61 bits per heavy atom. The number of esters is 1. The van der Waals surface area contributed by atoms with E-state index in [-0.39, 0.29) is 18.5 Å². The monoisotopic (exact) mass is 320 g/mol. The summed E-state index contributed by atoms with van der Waals surface area (Å²) in [5, 5.41) is 2.95. The topological polar surface area (TPSA) is 84.4 Å². The average Bonchev–Trinajstić information content (AvgIpc) is 2.56. The molecular formula is C16H24N4O3. The van der Waals surface area contributed by atoms with E-state index in [1.54, 1.807) is 37.3 Å². The lowest BCUT2D eigenvalue weighted by atomic mass is 9.95. The van der Waals surface area contributed by atoms with Crippen molar-refractivity contribution >= 4 is 17.8 Å². The average molecular weight is 320 g/mol. The lowest BCUT2D eigenvalue weighted by molar-refractivity contribution is -0.153. The first kappa shape index (κ1) is 17.2. The molecule has 1 aromatic rings. The Hall–Kier alpha value is -2.18. The number of aromatic nitrogens is 2. The molecular weight excluding hydrogens is 296 g/mol. The van der Waals surface area contributed by atoms with Crippen molar-refractivity contribution in [2.45, 2.75) is 51.2 Å². The van der Waals surface area contributed by atoms with E-state index in [2.05, 4.69) is 15.3 Å². The normalized spacial score (nSPS) is 16.4. The van der Waals surface area contributed by atoms with E-state index >= 15 is 0 Å². The maximum Gasteiger partial charge on any atom is 0.326 e. The summed E-state index contributed by atoms with van der Waals surface area (Å²) in [5.41, 5.74) is 0. The van der Waals surface area contributed by atoms with Gasteiger partial charge in [0, 0.05) is 25.5 Å². The molecule has 1 heterocycles. The number of nitrogens with one attached hydrogen (secondary N) is 1. The number of anilines is 1. The fraction of sp³-hybridized carbons (Fsp3) is 0.625. The molecule has 2 rings (SSSR count). The van der Waals surface area contributed by atoms with Crippen LogP contribution in [-0.4, -0.2) is 47.6 Å². The second-order valence-corrected chi connectivity index (χ2v) is 5.88. The van der Waals surface area contributed by atoms with Crippen LogP contribution < -0.4 is 10.2 Å². The Labute approximate surface area is 136 Å². The molecule has 1 fully saturated rings. The van der Waals surface area contributed by atoms with Crippen LogP contribution >= 0.6 is 0 Å². The number of ether oxygens (including phenoxy) is 1. The zero-order chi connectivity index (χ0) is 16.7. The van der Waals surface area contributed by atoms with Crippen molar-refractivity contribution in [1.82, 2.24) is 15.3 Å². The van der Waals surface area contributed by atoms with E-state index in [0.717, 1.165) is 25.7 Å². The molecule has 126 valence electrons. The molecule has 1 amide bonds. The van der Waals surface area contributed by atoms with Gasteiger partial charge in [0.1, 0.15) is 6.54 Å². The minimum absolute atomic E-state index is 0.00887. The summed E-state index contributed by atoms with van der Waals surface area (Å²) in [6.07, 6.45) is 7.91. The second-order valence-electron chi connectivity index (χ2n) is 5.88. The van der Waals surface area contributed by atoms with E-state index in [9.17, 15) is 9.59 Å². The maximum atomic E-state index is 12.1. The summed E-state index contributed by atoms with van der Waals surface area (Å²) in [6.45, 7) is 1.58. The Balaban J connectivity index is 1.76. The summed E-state index contributed by atoms with van der Waals surface area (Å²) >= 11 is 0. The van der Waals surface area contributed by atoms with Crippen LogP contribution in [0.4, 0.5) is 5.95 Å². The highest BCUT2D eigenvalue weighted by atomic mass is 16.5. The molecule has 1 aliphatic rings. The predicted molar refractivity (Wildman–Crippen MR) is 85.9 cm³/mol. The van der Waals surface area contributed by atoms with Crippen LogP contribution in [0.3, 0.4) is 0 Å². The van der Waals surface area contributed by atoms with Crippen LogP contribution in [0.2, 0.25) is 0 Å². The van der Waals surface area contributed by atoms with Gasteiger partial charge in [-0.15, -0.1) is 0 Å². The SMILES string of the molecule is CC(OC(=O)CN(C)c1ncccn1)C(=O)NC1CCCCC1. The molecule has 1 atom stereocenters. The number of hydrogen-bond donors (Lipinski definition) is 1. The van der Waals surface area contributed by atoms with Gasteiger partial charge in [-0.25, -0.2) is 9.97 Å². The quantitative estimate of drug-likeness (QED) is 0.795. The Bertz CT molecular complexity index is 517. The van der Waals surface area contributed by atoms with Gasteiger partial charge in [0.15, 0.2) is 6.10 Å². The Kier molecular flexibility index (Phi) is 6.31. The molecule has 0 radical (unpaired) electrons. The second kappa shape index (κ2) is 8.45. The fourth-order valence-electron chi connectivity index (χ4n) is 2.61.